The van der Waals surface area contributed by atoms with E-state index in [1.807, 2.05) is 6.20 Å². The molecular formula is C29H44N4O. The average molecular weight is 465 g/mol. The fourth-order valence-corrected chi connectivity index (χ4v) is 9.64. The van der Waals surface area contributed by atoms with Gasteiger partial charge in [-0.15, -0.1) is 0 Å². The van der Waals surface area contributed by atoms with Gasteiger partial charge >= 0.3 is 0 Å². The molecule has 0 bridgehead atoms. The molecule has 5 heteroatoms. The molecule has 1 aliphatic heterocycles. The fourth-order valence-electron chi connectivity index (χ4n) is 9.64. The van der Waals surface area contributed by atoms with Gasteiger partial charge in [0.15, 0.2) is 0 Å². The van der Waals surface area contributed by atoms with Crippen molar-refractivity contribution in [3.05, 3.63) is 35.9 Å². The number of nitrogens with one attached hydrogen (secondary N) is 1. The van der Waals surface area contributed by atoms with E-state index in [2.05, 4.69) is 48.1 Å². The monoisotopic (exact) mass is 464 g/mol. The lowest BCUT2D eigenvalue weighted by molar-refractivity contribution is -0.130. The predicted molar refractivity (Wildman–Crippen MR) is 135 cm³/mol. The molecule has 0 radical (unpaired) electrons. The van der Waals surface area contributed by atoms with Crippen molar-refractivity contribution >= 4 is 0 Å². The first kappa shape index (κ1) is 23.1. The second-order valence-electron chi connectivity index (χ2n) is 12.6. The van der Waals surface area contributed by atoms with E-state index < -0.39 is 5.60 Å². The van der Waals surface area contributed by atoms with Gasteiger partial charge in [0, 0.05) is 32.4 Å². The Kier molecular flexibility index (Phi) is 5.51. The number of hydrogen-bond donors (Lipinski definition) is 2. The summed E-state index contributed by atoms with van der Waals surface area (Å²) >= 11 is 0. The Morgan fingerprint density at radius 2 is 1.85 bits per heavy atom. The Hall–Kier alpha value is -1.30. The summed E-state index contributed by atoms with van der Waals surface area (Å²) in [5, 5.41) is 15.1. The zero-order valence-corrected chi connectivity index (χ0v) is 21.5. The molecule has 5 nitrogen and oxygen atoms in total. The second-order valence-corrected chi connectivity index (χ2v) is 12.6. The lowest BCUT2D eigenvalue weighted by Gasteiger charge is -2.61. The largest absolute Gasteiger partial charge is 0.389 e. The van der Waals surface area contributed by atoms with Crippen LogP contribution in [-0.4, -0.2) is 51.8 Å². The van der Waals surface area contributed by atoms with Crippen molar-refractivity contribution in [2.45, 2.75) is 89.7 Å². The smallest absolute Gasteiger partial charge is 0.115 e. The Balaban J connectivity index is 1.36. The van der Waals surface area contributed by atoms with Crippen molar-refractivity contribution in [1.82, 2.24) is 20.2 Å². The Labute approximate surface area is 205 Å². The standard InChI is InChI=1S/C29H44N4O/c1-4-29(34)11-8-24-22-6-5-21-19-28(25-9-14-31-20-32-25,33-17-15-30-16-18-33)13-12-26(21,2)23(22)7-10-27(24,29)3/h9,14,19-20,22-24,30,34H,4-8,10-13,15-18H2,1-3H3/t22-,23+,24+,26+,27+,28?,29-/m1/s1. The van der Waals surface area contributed by atoms with Gasteiger partial charge in [0.2, 0.25) is 0 Å². The van der Waals surface area contributed by atoms with Crippen LogP contribution in [0.2, 0.25) is 0 Å². The third-order valence-corrected chi connectivity index (χ3v) is 11.8. The molecule has 1 unspecified atom stereocenters. The van der Waals surface area contributed by atoms with Crippen LogP contribution in [0.4, 0.5) is 0 Å². The number of aliphatic hydroxyl groups is 1. The molecule has 5 aliphatic rings. The highest BCUT2D eigenvalue weighted by molar-refractivity contribution is 5.35. The summed E-state index contributed by atoms with van der Waals surface area (Å²) in [5.41, 5.74) is 2.75. The average Bonchev–Trinajstić information content (AvgIpc) is 3.16. The number of piperazine rings is 1. The van der Waals surface area contributed by atoms with Crippen molar-refractivity contribution in [3.8, 4) is 0 Å². The van der Waals surface area contributed by atoms with E-state index in [9.17, 15) is 5.11 Å². The van der Waals surface area contributed by atoms with Gasteiger partial charge in [-0.25, -0.2) is 9.97 Å². The van der Waals surface area contributed by atoms with Gasteiger partial charge in [0.1, 0.15) is 6.33 Å². The SMILES string of the molecule is CC[C@@]1(O)CC[C@H]2[C@@H]3CCC4=CC(c5ccncn5)(N5CCNCC5)CC[C@]4(C)[C@H]3CC[C@@]21C. The minimum absolute atomic E-state index is 0.0915. The van der Waals surface area contributed by atoms with E-state index in [0.29, 0.717) is 11.3 Å². The maximum Gasteiger partial charge on any atom is 0.115 e. The number of aromatic nitrogens is 2. The summed E-state index contributed by atoms with van der Waals surface area (Å²) < 4.78 is 0. The van der Waals surface area contributed by atoms with Gasteiger partial charge in [-0.1, -0.05) is 32.4 Å². The zero-order chi connectivity index (χ0) is 23.6. The molecule has 0 amide bonds. The van der Waals surface area contributed by atoms with Crippen LogP contribution in [0.3, 0.4) is 0 Å². The highest BCUT2D eigenvalue weighted by atomic mass is 16.3. The normalized spacial score (nSPS) is 46.8. The molecule has 6 rings (SSSR count). The Bertz CT molecular complexity index is 945. The molecule has 1 saturated heterocycles. The maximum atomic E-state index is 11.5. The van der Waals surface area contributed by atoms with Crippen molar-refractivity contribution in [3.63, 3.8) is 0 Å². The van der Waals surface area contributed by atoms with Crippen molar-refractivity contribution in [2.24, 2.45) is 28.6 Å². The van der Waals surface area contributed by atoms with Crippen LogP contribution in [-0.2, 0) is 5.54 Å². The number of nitrogens with zero attached hydrogens (tertiary/aromatic N) is 3. The molecule has 4 fully saturated rings. The van der Waals surface area contributed by atoms with Gasteiger partial charge in [-0.3, -0.25) is 4.90 Å². The van der Waals surface area contributed by atoms with Gasteiger partial charge in [0.25, 0.3) is 0 Å². The summed E-state index contributed by atoms with van der Waals surface area (Å²) in [6, 6.07) is 2.16. The van der Waals surface area contributed by atoms with Gasteiger partial charge < -0.3 is 10.4 Å². The van der Waals surface area contributed by atoms with E-state index in [-0.39, 0.29) is 11.0 Å². The van der Waals surface area contributed by atoms with E-state index in [1.165, 1.54) is 44.2 Å². The van der Waals surface area contributed by atoms with E-state index in [1.54, 1.807) is 11.9 Å². The number of hydrogen-bond acceptors (Lipinski definition) is 5. The van der Waals surface area contributed by atoms with Gasteiger partial charge in [0.05, 0.1) is 16.8 Å². The molecule has 34 heavy (non-hydrogen) atoms. The molecule has 1 aromatic heterocycles. The molecule has 186 valence electrons. The summed E-state index contributed by atoms with van der Waals surface area (Å²) in [5.74, 6) is 2.22. The Morgan fingerprint density at radius 3 is 2.59 bits per heavy atom. The highest BCUT2D eigenvalue weighted by Gasteiger charge is 2.63. The van der Waals surface area contributed by atoms with Crippen LogP contribution in [0.25, 0.3) is 0 Å². The topological polar surface area (TPSA) is 61.3 Å². The molecule has 0 aromatic carbocycles. The summed E-state index contributed by atoms with van der Waals surface area (Å²) in [6.07, 6.45) is 16.9. The Morgan fingerprint density at radius 1 is 1.06 bits per heavy atom. The van der Waals surface area contributed by atoms with Crippen LogP contribution in [0.15, 0.2) is 30.2 Å². The number of fused-ring (bicyclic) bond motifs is 5. The highest BCUT2D eigenvalue weighted by Crippen LogP contribution is 2.68. The van der Waals surface area contributed by atoms with Gasteiger partial charge in [-0.2, -0.15) is 0 Å². The van der Waals surface area contributed by atoms with Crippen molar-refractivity contribution < 1.29 is 5.11 Å². The van der Waals surface area contributed by atoms with Crippen molar-refractivity contribution in [1.29, 1.82) is 0 Å². The zero-order valence-electron chi connectivity index (χ0n) is 21.5. The molecule has 0 spiro atoms. The summed E-state index contributed by atoms with van der Waals surface area (Å²) in [7, 11) is 0. The lowest BCUT2D eigenvalue weighted by Crippen LogP contribution is -2.58. The third-order valence-electron chi connectivity index (χ3n) is 11.8. The number of rotatable bonds is 3. The van der Waals surface area contributed by atoms with Crippen LogP contribution < -0.4 is 5.32 Å². The second kappa shape index (κ2) is 8.11. The molecule has 7 atom stereocenters. The fraction of sp³-hybridized carbons (Fsp3) is 0.793. The van der Waals surface area contributed by atoms with Crippen LogP contribution in [0.1, 0.15) is 84.3 Å². The minimum Gasteiger partial charge on any atom is -0.389 e. The predicted octanol–water partition coefficient (Wildman–Crippen LogP) is 4.68. The summed E-state index contributed by atoms with van der Waals surface area (Å²) in [6.45, 7) is 11.5. The maximum absolute atomic E-state index is 11.5. The molecule has 2 heterocycles. The quantitative estimate of drug-likeness (QED) is 0.636. The van der Waals surface area contributed by atoms with Crippen LogP contribution in [0, 0.1) is 28.6 Å². The third kappa shape index (κ3) is 3.08. The van der Waals surface area contributed by atoms with E-state index in [4.69, 9.17) is 4.98 Å². The van der Waals surface area contributed by atoms with E-state index in [0.717, 1.165) is 57.3 Å². The summed E-state index contributed by atoms with van der Waals surface area (Å²) in [4.78, 5) is 11.8. The first-order chi connectivity index (χ1) is 16.4. The van der Waals surface area contributed by atoms with E-state index >= 15 is 0 Å². The van der Waals surface area contributed by atoms with Crippen LogP contribution >= 0.6 is 0 Å². The van der Waals surface area contributed by atoms with Gasteiger partial charge in [-0.05, 0) is 92.4 Å². The first-order valence-electron chi connectivity index (χ1n) is 14.0. The molecule has 4 aliphatic carbocycles. The molecule has 2 N–H and O–H groups in total. The number of allylic oxidation sites excluding steroid dienone is 1. The van der Waals surface area contributed by atoms with Crippen molar-refractivity contribution in [2.75, 3.05) is 26.2 Å². The first-order valence-corrected chi connectivity index (χ1v) is 14.0. The molecular weight excluding hydrogens is 420 g/mol. The lowest BCUT2D eigenvalue weighted by atomic mass is 9.45. The minimum atomic E-state index is -0.448. The van der Waals surface area contributed by atoms with Crippen LogP contribution in [0.5, 0.6) is 0 Å². The molecule has 3 saturated carbocycles. The molecule has 1 aromatic rings.